The summed E-state index contributed by atoms with van der Waals surface area (Å²) in [6.07, 6.45) is 0.787. The third-order valence-electron chi connectivity index (χ3n) is 3.24. The summed E-state index contributed by atoms with van der Waals surface area (Å²) in [6.45, 7) is 7.09. The molecule has 0 aliphatic rings. The topological polar surface area (TPSA) is 108 Å². The Labute approximate surface area is 109 Å². The Bertz CT molecular complexity index is 388. The first-order valence-corrected chi connectivity index (χ1v) is 7.35. The maximum atomic E-state index is 12.1. The van der Waals surface area contributed by atoms with E-state index < -0.39 is 15.7 Å². The molecule has 0 radical (unpaired) electrons. The molecule has 0 saturated carbocycles. The smallest absolute Gasteiger partial charge is 0.280 e. The predicted octanol–water partition coefficient (Wildman–Crippen LogP) is 0.466. The highest BCUT2D eigenvalue weighted by molar-refractivity contribution is 7.87. The van der Waals surface area contributed by atoms with Gasteiger partial charge < -0.3 is 10.9 Å². The van der Waals surface area contributed by atoms with Crippen molar-refractivity contribution in [2.45, 2.75) is 52.1 Å². The van der Waals surface area contributed by atoms with E-state index in [-0.39, 0.29) is 11.9 Å². The van der Waals surface area contributed by atoms with Crippen molar-refractivity contribution in [3.63, 3.8) is 0 Å². The lowest BCUT2D eigenvalue weighted by molar-refractivity contribution is 0.306. The van der Waals surface area contributed by atoms with Crippen molar-refractivity contribution in [2.75, 3.05) is 7.05 Å². The lowest BCUT2D eigenvalue weighted by atomic mass is 9.93. The molecule has 0 aromatic heterocycles. The van der Waals surface area contributed by atoms with Crippen LogP contribution < -0.4 is 10.5 Å². The van der Waals surface area contributed by atoms with Crippen molar-refractivity contribution < 1.29 is 13.6 Å². The van der Waals surface area contributed by atoms with Crippen LogP contribution in [-0.2, 0) is 10.2 Å². The standard InChI is InChI=1S/C10H24N4O3S/c1-6-10(7-2,9(11)12-15)13-18(16,17)14(5)8(3)4/h8,13,15H,6-7H2,1-5H3,(H2,11,12). The van der Waals surface area contributed by atoms with Gasteiger partial charge in [0, 0.05) is 13.1 Å². The van der Waals surface area contributed by atoms with Gasteiger partial charge in [0.05, 0.1) is 5.54 Å². The minimum absolute atomic E-state index is 0.131. The molecule has 0 rings (SSSR count). The first kappa shape index (κ1) is 17.1. The highest BCUT2D eigenvalue weighted by Gasteiger charge is 2.37. The van der Waals surface area contributed by atoms with Crippen LogP contribution in [0.3, 0.4) is 0 Å². The summed E-state index contributed by atoms with van der Waals surface area (Å²) < 4.78 is 28.0. The number of oxime groups is 1. The molecule has 108 valence electrons. The summed E-state index contributed by atoms with van der Waals surface area (Å²) >= 11 is 0. The van der Waals surface area contributed by atoms with Gasteiger partial charge in [-0.25, -0.2) is 0 Å². The van der Waals surface area contributed by atoms with E-state index in [1.54, 1.807) is 27.7 Å². The molecule has 0 aromatic carbocycles. The van der Waals surface area contributed by atoms with Crippen LogP contribution in [-0.4, -0.2) is 42.4 Å². The maximum Gasteiger partial charge on any atom is 0.280 e. The van der Waals surface area contributed by atoms with Crippen molar-refractivity contribution in [3.8, 4) is 0 Å². The third kappa shape index (κ3) is 3.56. The zero-order valence-electron chi connectivity index (χ0n) is 11.6. The largest absolute Gasteiger partial charge is 0.409 e. The molecule has 0 unspecified atom stereocenters. The molecule has 0 spiro atoms. The van der Waals surface area contributed by atoms with E-state index in [2.05, 4.69) is 9.88 Å². The van der Waals surface area contributed by atoms with Crippen molar-refractivity contribution in [1.82, 2.24) is 9.03 Å². The number of nitrogens with one attached hydrogen (secondary N) is 1. The lowest BCUT2D eigenvalue weighted by Gasteiger charge is -2.33. The Kier molecular flexibility index (Phi) is 6.05. The Morgan fingerprint density at radius 2 is 1.89 bits per heavy atom. The Balaban J connectivity index is 5.37. The van der Waals surface area contributed by atoms with Gasteiger partial charge in [-0.1, -0.05) is 19.0 Å². The SMILES string of the molecule is CCC(CC)(NS(=O)(=O)N(C)C(C)C)C(N)=NO. The van der Waals surface area contributed by atoms with E-state index in [4.69, 9.17) is 10.9 Å². The second kappa shape index (κ2) is 6.35. The van der Waals surface area contributed by atoms with Crippen LogP contribution in [0.1, 0.15) is 40.5 Å². The van der Waals surface area contributed by atoms with Gasteiger partial charge in [0.25, 0.3) is 10.2 Å². The monoisotopic (exact) mass is 280 g/mol. The van der Waals surface area contributed by atoms with Gasteiger partial charge in [0.15, 0.2) is 5.84 Å². The van der Waals surface area contributed by atoms with E-state index in [1.165, 1.54) is 11.4 Å². The molecule has 7 nitrogen and oxygen atoms in total. The molecule has 0 fully saturated rings. The molecule has 0 aliphatic heterocycles. The molecule has 0 aromatic rings. The summed E-state index contributed by atoms with van der Waals surface area (Å²) in [4.78, 5) is 0. The fourth-order valence-electron chi connectivity index (χ4n) is 1.50. The van der Waals surface area contributed by atoms with E-state index >= 15 is 0 Å². The van der Waals surface area contributed by atoms with Crippen LogP contribution in [0, 0.1) is 0 Å². The van der Waals surface area contributed by atoms with Gasteiger partial charge in [-0.3, -0.25) is 0 Å². The first-order valence-electron chi connectivity index (χ1n) is 5.91. The molecular weight excluding hydrogens is 256 g/mol. The van der Waals surface area contributed by atoms with Crippen LogP contribution in [0.5, 0.6) is 0 Å². The van der Waals surface area contributed by atoms with Crippen molar-refractivity contribution >= 4 is 16.0 Å². The van der Waals surface area contributed by atoms with Crippen LogP contribution in [0.15, 0.2) is 5.16 Å². The van der Waals surface area contributed by atoms with E-state index in [0.717, 1.165) is 0 Å². The number of hydrogen-bond donors (Lipinski definition) is 3. The van der Waals surface area contributed by atoms with Crippen LogP contribution in [0.25, 0.3) is 0 Å². The average Bonchev–Trinajstić information content (AvgIpc) is 2.33. The predicted molar refractivity (Wildman–Crippen MR) is 71.7 cm³/mol. The number of nitrogens with zero attached hydrogens (tertiary/aromatic N) is 2. The number of hydrogen-bond acceptors (Lipinski definition) is 4. The zero-order chi connectivity index (χ0) is 14.6. The number of amidine groups is 1. The molecule has 18 heavy (non-hydrogen) atoms. The minimum Gasteiger partial charge on any atom is -0.409 e. The molecule has 0 bridgehead atoms. The molecule has 0 amide bonds. The van der Waals surface area contributed by atoms with Gasteiger partial charge in [0.2, 0.25) is 0 Å². The summed E-state index contributed by atoms with van der Waals surface area (Å²) in [6, 6.07) is -0.179. The Morgan fingerprint density at radius 3 is 2.17 bits per heavy atom. The van der Waals surface area contributed by atoms with Crippen molar-refractivity contribution in [1.29, 1.82) is 0 Å². The summed E-state index contributed by atoms with van der Waals surface area (Å²) in [5.41, 5.74) is 4.55. The van der Waals surface area contributed by atoms with Crippen LogP contribution >= 0.6 is 0 Å². The fourth-order valence-corrected chi connectivity index (χ4v) is 3.09. The summed E-state index contributed by atoms with van der Waals surface area (Å²) in [5.74, 6) is -0.131. The number of rotatable bonds is 7. The fraction of sp³-hybridized carbons (Fsp3) is 0.900. The normalized spacial score (nSPS) is 14.5. The molecule has 0 atom stereocenters. The molecule has 4 N–H and O–H groups in total. The van der Waals surface area contributed by atoms with Crippen LogP contribution in [0.4, 0.5) is 0 Å². The van der Waals surface area contributed by atoms with Crippen molar-refractivity contribution in [3.05, 3.63) is 0 Å². The average molecular weight is 280 g/mol. The summed E-state index contributed by atoms with van der Waals surface area (Å²) in [7, 11) is -2.20. The quantitative estimate of drug-likeness (QED) is 0.272. The van der Waals surface area contributed by atoms with E-state index in [1.807, 2.05) is 0 Å². The van der Waals surface area contributed by atoms with Gasteiger partial charge in [0.1, 0.15) is 0 Å². The zero-order valence-corrected chi connectivity index (χ0v) is 12.5. The van der Waals surface area contributed by atoms with Crippen LogP contribution in [0.2, 0.25) is 0 Å². The second-order valence-electron chi connectivity index (χ2n) is 4.49. The Morgan fingerprint density at radius 1 is 1.44 bits per heavy atom. The van der Waals surface area contributed by atoms with E-state index in [0.29, 0.717) is 12.8 Å². The van der Waals surface area contributed by atoms with Crippen molar-refractivity contribution in [2.24, 2.45) is 10.9 Å². The first-order chi connectivity index (χ1) is 8.16. The molecule has 0 heterocycles. The molecular formula is C10H24N4O3S. The van der Waals surface area contributed by atoms with Gasteiger partial charge in [-0.2, -0.15) is 17.4 Å². The minimum atomic E-state index is -3.69. The summed E-state index contributed by atoms with van der Waals surface area (Å²) in [5, 5.41) is 11.7. The molecule has 0 saturated heterocycles. The van der Waals surface area contributed by atoms with E-state index in [9.17, 15) is 8.42 Å². The number of nitrogens with two attached hydrogens (primary N) is 1. The maximum absolute atomic E-state index is 12.1. The lowest BCUT2D eigenvalue weighted by Crippen LogP contribution is -2.59. The highest BCUT2D eigenvalue weighted by atomic mass is 32.2. The van der Waals surface area contributed by atoms with Gasteiger partial charge in [-0.05, 0) is 26.7 Å². The molecule has 8 heteroatoms. The Hall–Kier alpha value is -0.860. The van der Waals surface area contributed by atoms with Gasteiger partial charge >= 0.3 is 0 Å². The highest BCUT2D eigenvalue weighted by Crippen LogP contribution is 2.18. The van der Waals surface area contributed by atoms with Gasteiger partial charge in [-0.15, -0.1) is 0 Å². The molecule has 0 aliphatic carbocycles. The third-order valence-corrected chi connectivity index (χ3v) is 5.06. The second-order valence-corrected chi connectivity index (χ2v) is 6.22.